The number of carbonyl (C=O) groups is 3. The van der Waals surface area contributed by atoms with E-state index in [1.54, 1.807) is 16.5 Å². The summed E-state index contributed by atoms with van der Waals surface area (Å²) in [5.41, 5.74) is 11.3. The molecule has 0 aliphatic carbocycles. The van der Waals surface area contributed by atoms with Crippen LogP contribution in [0.5, 0.6) is 5.75 Å². The van der Waals surface area contributed by atoms with E-state index >= 15 is 0 Å². The van der Waals surface area contributed by atoms with Crippen LogP contribution in [0.15, 0.2) is 48.0 Å². The normalized spacial score (nSPS) is 17.6. The first-order valence-electron chi connectivity index (χ1n) is 16.4. The molecule has 1 fully saturated rings. The van der Waals surface area contributed by atoms with Crippen molar-refractivity contribution < 1.29 is 33.7 Å². The Kier molecular flexibility index (Phi) is 13.9. The van der Waals surface area contributed by atoms with Crippen LogP contribution in [-0.4, -0.2) is 102 Å². The first-order chi connectivity index (χ1) is 23.2. The maximum atomic E-state index is 14.1. The molecule has 3 heterocycles. The average Bonchev–Trinajstić information content (AvgIpc) is 3.78. The van der Waals surface area contributed by atoms with Gasteiger partial charge in [0.25, 0.3) is 5.91 Å². The van der Waals surface area contributed by atoms with Gasteiger partial charge in [-0.15, -0.1) is 23.7 Å². The summed E-state index contributed by atoms with van der Waals surface area (Å²) in [5.74, 6) is -0.541. The van der Waals surface area contributed by atoms with Crippen LogP contribution in [0.25, 0.3) is 10.4 Å². The van der Waals surface area contributed by atoms with Crippen LogP contribution in [0, 0.1) is 12.8 Å². The summed E-state index contributed by atoms with van der Waals surface area (Å²) in [6.45, 7) is 8.66. The van der Waals surface area contributed by atoms with Crippen LogP contribution in [0.2, 0.25) is 0 Å². The Hall–Kier alpha value is -3.59. The fraction of sp³-hybridized carbons (Fsp3) is 0.486. The quantitative estimate of drug-likeness (QED) is 0.190. The SMILES string of the molecule is Cc1ncsc1-c1ccc(CNC(=O)[C@@H]2C[C@@H](O)CN2C(=O)[C@H](C(C)C)N2Cc3ccccc3C2=O)c(OCCOCCOCCN)c1.Cl. The largest absolute Gasteiger partial charge is 0.491 e. The monoisotopic (exact) mass is 715 g/mol. The number of fused-ring (bicyclic) bond motifs is 1. The second-order valence-electron chi connectivity index (χ2n) is 12.3. The number of nitrogens with one attached hydrogen (secondary N) is 1. The lowest BCUT2D eigenvalue weighted by Gasteiger charge is -2.35. The maximum absolute atomic E-state index is 14.1. The molecule has 2 aromatic carbocycles. The van der Waals surface area contributed by atoms with Gasteiger partial charge in [-0.25, -0.2) is 4.98 Å². The number of aliphatic hydroxyl groups excluding tert-OH is 1. The number of hydrogen-bond donors (Lipinski definition) is 3. The minimum Gasteiger partial charge on any atom is -0.491 e. The van der Waals surface area contributed by atoms with Gasteiger partial charge in [0.2, 0.25) is 11.8 Å². The molecular formula is C35H46ClN5O7S. The second-order valence-corrected chi connectivity index (χ2v) is 13.2. The van der Waals surface area contributed by atoms with Crippen LogP contribution in [0.3, 0.4) is 0 Å². The molecule has 14 heteroatoms. The number of hydrogen-bond acceptors (Lipinski definition) is 10. The number of ether oxygens (including phenoxy) is 3. The third kappa shape index (κ3) is 9.15. The Bertz CT molecular complexity index is 1590. The number of amides is 3. The molecule has 5 rings (SSSR count). The zero-order valence-electron chi connectivity index (χ0n) is 28.1. The summed E-state index contributed by atoms with van der Waals surface area (Å²) >= 11 is 1.54. The van der Waals surface area contributed by atoms with Gasteiger partial charge in [0, 0.05) is 43.7 Å². The predicted molar refractivity (Wildman–Crippen MR) is 189 cm³/mol. The van der Waals surface area contributed by atoms with Gasteiger partial charge < -0.3 is 40.2 Å². The molecule has 0 saturated carbocycles. The smallest absolute Gasteiger partial charge is 0.255 e. The zero-order valence-corrected chi connectivity index (χ0v) is 29.8. The van der Waals surface area contributed by atoms with Crippen molar-refractivity contribution in [3.05, 3.63) is 70.4 Å². The van der Waals surface area contributed by atoms with Crippen molar-refractivity contribution in [3.8, 4) is 16.2 Å². The number of likely N-dealkylation sites (tertiary alicyclic amines) is 1. The number of thiazole rings is 1. The Balaban J connectivity index is 0.00000541. The van der Waals surface area contributed by atoms with Crippen LogP contribution < -0.4 is 15.8 Å². The molecule has 2 aliphatic heterocycles. The number of nitrogens with two attached hydrogens (primary N) is 1. The summed E-state index contributed by atoms with van der Waals surface area (Å²) in [4.78, 5) is 49.5. The summed E-state index contributed by atoms with van der Waals surface area (Å²) in [6, 6.07) is 11.5. The molecular weight excluding hydrogens is 670 g/mol. The van der Waals surface area contributed by atoms with E-state index in [1.807, 2.05) is 57.2 Å². The van der Waals surface area contributed by atoms with Gasteiger partial charge in [-0.05, 0) is 36.1 Å². The predicted octanol–water partition coefficient (Wildman–Crippen LogP) is 3.17. The number of carbonyl (C=O) groups excluding carboxylic acids is 3. The first-order valence-corrected chi connectivity index (χ1v) is 17.2. The van der Waals surface area contributed by atoms with Crippen molar-refractivity contribution in [1.29, 1.82) is 0 Å². The van der Waals surface area contributed by atoms with Crippen LogP contribution in [0.4, 0.5) is 0 Å². The Morgan fingerprint density at radius 2 is 1.84 bits per heavy atom. The van der Waals surface area contributed by atoms with Crippen molar-refractivity contribution in [2.45, 2.75) is 58.5 Å². The number of β-amino-alcohol motifs (C(OH)–C–C–N with tert-alkyl or cyclic N) is 1. The lowest BCUT2D eigenvalue weighted by atomic mass is 10.0. The van der Waals surface area contributed by atoms with Gasteiger partial charge in [0.1, 0.15) is 24.4 Å². The molecule has 0 unspecified atom stereocenters. The highest BCUT2D eigenvalue weighted by molar-refractivity contribution is 7.13. The van der Waals surface area contributed by atoms with Gasteiger partial charge >= 0.3 is 0 Å². The number of rotatable bonds is 16. The van der Waals surface area contributed by atoms with Gasteiger partial charge in [0.05, 0.1) is 48.6 Å². The number of benzene rings is 2. The van der Waals surface area contributed by atoms with Crippen molar-refractivity contribution >= 4 is 41.5 Å². The summed E-state index contributed by atoms with van der Waals surface area (Å²) < 4.78 is 17.1. The Morgan fingerprint density at radius 1 is 1.10 bits per heavy atom. The van der Waals surface area contributed by atoms with Gasteiger partial charge in [-0.3, -0.25) is 14.4 Å². The standard InChI is InChI=1S/C35H45N5O7S.ClH/c1-22(2)31(40-19-26-6-4-5-7-28(26)34(40)43)35(44)39-20-27(41)17-29(39)33(42)37-18-25-9-8-24(32-23(3)38-21-48-32)16-30(25)47-15-14-46-13-12-45-11-10-36;/h4-9,16,21-22,27,29,31,41H,10-15,17-20,36H2,1-3H3,(H,37,42);1H/t27-,29+,31+;/m1./s1. The van der Waals surface area contributed by atoms with Crippen LogP contribution in [-0.2, 0) is 32.2 Å². The van der Waals surface area contributed by atoms with E-state index in [4.69, 9.17) is 19.9 Å². The van der Waals surface area contributed by atoms with Crippen LogP contribution >= 0.6 is 23.7 Å². The van der Waals surface area contributed by atoms with E-state index in [0.717, 1.165) is 27.3 Å². The van der Waals surface area contributed by atoms with E-state index in [9.17, 15) is 19.5 Å². The van der Waals surface area contributed by atoms with E-state index < -0.39 is 18.2 Å². The average molecular weight is 716 g/mol. The molecule has 3 atom stereocenters. The van der Waals surface area contributed by atoms with E-state index in [1.165, 1.54) is 16.2 Å². The third-order valence-corrected chi connectivity index (χ3v) is 9.56. The van der Waals surface area contributed by atoms with Crippen molar-refractivity contribution in [1.82, 2.24) is 20.1 Å². The Morgan fingerprint density at radius 3 is 2.53 bits per heavy atom. The molecule has 0 radical (unpaired) electrons. The third-order valence-electron chi connectivity index (χ3n) is 8.58. The molecule has 0 spiro atoms. The Labute approximate surface area is 297 Å². The summed E-state index contributed by atoms with van der Waals surface area (Å²) in [6.07, 6.45) is -0.749. The van der Waals surface area contributed by atoms with Crippen LogP contribution in [0.1, 0.15) is 47.4 Å². The molecule has 2 aliphatic rings. The highest BCUT2D eigenvalue weighted by Crippen LogP contribution is 2.33. The molecule has 4 N–H and O–H groups in total. The molecule has 3 amide bonds. The summed E-state index contributed by atoms with van der Waals surface area (Å²) in [7, 11) is 0. The van der Waals surface area contributed by atoms with Crippen molar-refractivity contribution in [2.75, 3.05) is 46.1 Å². The minimum absolute atomic E-state index is 0. The molecule has 49 heavy (non-hydrogen) atoms. The highest BCUT2D eigenvalue weighted by atomic mass is 35.5. The fourth-order valence-electron chi connectivity index (χ4n) is 6.23. The molecule has 3 aromatic rings. The lowest BCUT2D eigenvalue weighted by molar-refractivity contribution is -0.143. The number of nitrogens with zero attached hydrogens (tertiary/aromatic N) is 3. The highest BCUT2D eigenvalue weighted by Gasteiger charge is 2.45. The van der Waals surface area contributed by atoms with Gasteiger partial charge in [0.15, 0.2) is 0 Å². The zero-order chi connectivity index (χ0) is 34.2. The molecule has 0 bridgehead atoms. The molecule has 1 saturated heterocycles. The number of halogens is 1. The van der Waals surface area contributed by atoms with Gasteiger partial charge in [-0.2, -0.15) is 0 Å². The van der Waals surface area contributed by atoms with E-state index in [-0.39, 0.29) is 62.2 Å². The lowest BCUT2D eigenvalue weighted by Crippen LogP contribution is -2.55. The molecule has 1 aromatic heterocycles. The number of aryl methyl sites for hydroxylation is 1. The van der Waals surface area contributed by atoms with E-state index in [2.05, 4.69) is 10.3 Å². The molecule has 12 nitrogen and oxygen atoms in total. The second kappa shape index (κ2) is 17.9. The topological polar surface area (TPSA) is 157 Å². The number of aliphatic hydroxyl groups is 1. The first kappa shape index (κ1) is 38.2. The minimum atomic E-state index is -0.882. The van der Waals surface area contributed by atoms with Crippen molar-refractivity contribution in [3.63, 3.8) is 0 Å². The van der Waals surface area contributed by atoms with Crippen molar-refractivity contribution in [2.24, 2.45) is 11.7 Å². The fourth-order valence-corrected chi connectivity index (χ4v) is 7.03. The number of aromatic nitrogens is 1. The van der Waals surface area contributed by atoms with E-state index in [0.29, 0.717) is 50.8 Å². The maximum Gasteiger partial charge on any atom is 0.255 e. The molecule has 266 valence electrons. The summed E-state index contributed by atoms with van der Waals surface area (Å²) in [5, 5.41) is 13.6. The van der Waals surface area contributed by atoms with Gasteiger partial charge in [-0.1, -0.05) is 44.2 Å².